The van der Waals surface area contributed by atoms with Crippen molar-refractivity contribution in [2.24, 2.45) is 0 Å². The number of hydrogen-bond acceptors (Lipinski definition) is 4. The molecule has 4 rings (SSSR count). The molecular formula is C20H23N3O2S. The Morgan fingerprint density at radius 1 is 1.27 bits per heavy atom. The first kappa shape index (κ1) is 17.3. The highest BCUT2D eigenvalue weighted by Crippen LogP contribution is 2.33. The normalized spacial score (nSPS) is 18.3. The predicted molar refractivity (Wildman–Crippen MR) is 103 cm³/mol. The fourth-order valence-electron chi connectivity index (χ4n) is 3.66. The first-order valence-electron chi connectivity index (χ1n) is 9.21. The van der Waals surface area contributed by atoms with Crippen molar-refractivity contribution in [1.82, 2.24) is 14.9 Å². The van der Waals surface area contributed by atoms with Crippen LogP contribution in [0.3, 0.4) is 0 Å². The van der Waals surface area contributed by atoms with Crippen molar-refractivity contribution in [2.75, 3.05) is 5.75 Å². The molecule has 0 saturated carbocycles. The summed E-state index contributed by atoms with van der Waals surface area (Å²) in [5, 5.41) is 3.76. The summed E-state index contributed by atoms with van der Waals surface area (Å²) < 4.78 is 1.76. The van der Waals surface area contributed by atoms with Crippen molar-refractivity contribution >= 4 is 17.7 Å². The van der Waals surface area contributed by atoms with E-state index in [1.807, 2.05) is 31.2 Å². The van der Waals surface area contributed by atoms with Crippen LogP contribution in [0.2, 0.25) is 0 Å². The first-order valence-corrected chi connectivity index (χ1v) is 10.2. The quantitative estimate of drug-likeness (QED) is 0.842. The van der Waals surface area contributed by atoms with Crippen LogP contribution in [-0.2, 0) is 24.2 Å². The molecule has 0 radical (unpaired) electrons. The Morgan fingerprint density at radius 2 is 2.04 bits per heavy atom. The molecule has 1 aromatic carbocycles. The second-order valence-corrected chi connectivity index (χ2v) is 8.12. The molecule has 26 heavy (non-hydrogen) atoms. The highest BCUT2D eigenvalue weighted by Gasteiger charge is 2.30. The van der Waals surface area contributed by atoms with Gasteiger partial charge in [0.1, 0.15) is 0 Å². The van der Waals surface area contributed by atoms with Gasteiger partial charge in [0.05, 0.1) is 11.7 Å². The summed E-state index contributed by atoms with van der Waals surface area (Å²) in [7, 11) is 0. The number of thioether (sulfide) groups is 1. The monoisotopic (exact) mass is 369 g/mol. The highest BCUT2D eigenvalue weighted by molar-refractivity contribution is 7.99. The minimum Gasteiger partial charge on any atom is -0.352 e. The van der Waals surface area contributed by atoms with Crippen LogP contribution < -0.4 is 10.9 Å². The average molecular weight is 369 g/mol. The molecule has 0 bridgehead atoms. The third-order valence-corrected chi connectivity index (χ3v) is 6.25. The molecular weight excluding hydrogens is 346 g/mol. The van der Waals surface area contributed by atoms with E-state index in [2.05, 4.69) is 5.32 Å². The van der Waals surface area contributed by atoms with Gasteiger partial charge in [-0.2, -0.15) is 0 Å². The second-order valence-electron chi connectivity index (χ2n) is 7.13. The van der Waals surface area contributed by atoms with E-state index in [1.165, 1.54) is 5.56 Å². The molecule has 136 valence electrons. The van der Waals surface area contributed by atoms with Gasteiger partial charge < -0.3 is 5.32 Å². The van der Waals surface area contributed by atoms with E-state index < -0.39 is 0 Å². The SMILES string of the molecule is Cc1ccc(CNC(=O)CC2CSc3nc4c(c(=O)n32)CCCC4)cc1. The van der Waals surface area contributed by atoms with E-state index in [0.29, 0.717) is 13.0 Å². The molecule has 2 aromatic rings. The molecule has 1 aliphatic heterocycles. The van der Waals surface area contributed by atoms with E-state index >= 15 is 0 Å². The summed E-state index contributed by atoms with van der Waals surface area (Å²) >= 11 is 1.59. The summed E-state index contributed by atoms with van der Waals surface area (Å²) in [6, 6.07) is 8.04. The zero-order valence-electron chi connectivity index (χ0n) is 15.0. The van der Waals surface area contributed by atoms with Crippen LogP contribution in [0.25, 0.3) is 0 Å². The lowest BCUT2D eigenvalue weighted by atomic mass is 9.97. The molecule has 1 atom stereocenters. The number of hydrogen-bond donors (Lipinski definition) is 1. The smallest absolute Gasteiger partial charge is 0.257 e. The lowest BCUT2D eigenvalue weighted by molar-refractivity contribution is -0.121. The number of nitrogens with one attached hydrogen (secondary N) is 1. The molecule has 1 unspecified atom stereocenters. The van der Waals surface area contributed by atoms with Crippen molar-refractivity contribution in [2.45, 2.75) is 56.8 Å². The molecule has 1 aromatic heterocycles. The number of fused-ring (bicyclic) bond motifs is 2. The van der Waals surface area contributed by atoms with Crippen molar-refractivity contribution in [3.05, 3.63) is 57.0 Å². The number of rotatable bonds is 4. The second kappa shape index (κ2) is 7.27. The van der Waals surface area contributed by atoms with E-state index in [1.54, 1.807) is 16.3 Å². The van der Waals surface area contributed by atoms with E-state index in [-0.39, 0.29) is 17.5 Å². The van der Waals surface area contributed by atoms with Gasteiger partial charge in [-0.05, 0) is 38.2 Å². The molecule has 5 nitrogen and oxygen atoms in total. The van der Waals surface area contributed by atoms with Gasteiger partial charge in [0.15, 0.2) is 5.16 Å². The van der Waals surface area contributed by atoms with Gasteiger partial charge in [-0.3, -0.25) is 14.2 Å². The lowest BCUT2D eigenvalue weighted by Gasteiger charge is -2.18. The Morgan fingerprint density at radius 3 is 2.85 bits per heavy atom. The Balaban J connectivity index is 1.45. The molecule has 0 saturated heterocycles. The topological polar surface area (TPSA) is 64.0 Å². The van der Waals surface area contributed by atoms with Crippen LogP contribution in [0.15, 0.2) is 34.2 Å². The predicted octanol–water partition coefficient (Wildman–Crippen LogP) is 2.78. The maximum absolute atomic E-state index is 12.9. The zero-order valence-corrected chi connectivity index (χ0v) is 15.8. The largest absolute Gasteiger partial charge is 0.352 e. The van der Waals surface area contributed by atoms with Crippen molar-refractivity contribution in [3.8, 4) is 0 Å². The van der Waals surface area contributed by atoms with Crippen LogP contribution in [0.4, 0.5) is 0 Å². The molecule has 1 amide bonds. The number of aryl methyl sites for hydroxylation is 2. The fourth-order valence-corrected chi connectivity index (χ4v) is 4.81. The minimum atomic E-state index is -0.0970. The number of aromatic nitrogens is 2. The van der Waals surface area contributed by atoms with Gasteiger partial charge in [0.2, 0.25) is 5.91 Å². The summed E-state index contributed by atoms with van der Waals surface area (Å²) in [5.74, 6) is 0.719. The Bertz CT molecular complexity index is 889. The Labute approximate surface area is 157 Å². The molecule has 0 spiro atoms. The summed E-state index contributed by atoms with van der Waals surface area (Å²) in [4.78, 5) is 30.0. The van der Waals surface area contributed by atoms with Gasteiger partial charge in [-0.25, -0.2) is 4.98 Å². The molecule has 2 aliphatic rings. The number of nitrogens with zero attached hydrogens (tertiary/aromatic N) is 2. The molecule has 1 aliphatic carbocycles. The maximum Gasteiger partial charge on any atom is 0.257 e. The van der Waals surface area contributed by atoms with Crippen LogP contribution in [0, 0.1) is 6.92 Å². The molecule has 0 fully saturated rings. The maximum atomic E-state index is 12.9. The van der Waals surface area contributed by atoms with Crippen LogP contribution in [0.5, 0.6) is 0 Å². The fraction of sp³-hybridized carbons (Fsp3) is 0.450. The summed E-state index contributed by atoms with van der Waals surface area (Å²) in [5.41, 5.74) is 4.20. The van der Waals surface area contributed by atoms with E-state index in [0.717, 1.165) is 53.4 Å². The van der Waals surface area contributed by atoms with Crippen molar-refractivity contribution < 1.29 is 4.79 Å². The third-order valence-electron chi connectivity index (χ3n) is 5.15. The van der Waals surface area contributed by atoms with Gasteiger partial charge >= 0.3 is 0 Å². The third kappa shape index (κ3) is 3.43. The molecule has 6 heteroatoms. The first-order chi connectivity index (χ1) is 12.6. The van der Waals surface area contributed by atoms with Crippen molar-refractivity contribution in [1.29, 1.82) is 0 Å². The lowest BCUT2D eigenvalue weighted by Crippen LogP contribution is -2.33. The summed E-state index contributed by atoms with van der Waals surface area (Å²) in [6.45, 7) is 2.56. The number of carbonyl (C=O) groups is 1. The summed E-state index contributed by atoms with van der Waals surface area (Å²) in [6.07, 6.45) is 4.21. The Hall–Kier alpha value is -2.08. The zero-order chi connectivity index (χ0) is 18.1. The highest BCUT2D eigenvalue weighted by atomic mass is 32.2. The van der Waals surface area contributed by atoms with Gasteiger partial charge in [0, 0.05) is 24.3 Å². The number of amides is 1. The van der Waals surface area contributed by atoms with Gasteiger partial charge in [0.25, 0.3) is 5.56 Å². The van der Waals surface area contributed by atoms with Crippen LogP contribution >= 0.6 is 11.8 Å². The van der Waals surface area contributed by atoms with Crippen LogP contribution in [-0.4, -0.2) is 21.2 Å². The molecule has 1 N–H and O–H groups in total. The number of benzene rings is 1. The molecule has 2 heterocycles. The standard InChI is InChI=1S/C20H23N3O2S/c1-13-6-8-14(9-7-13)11-21-18(24)10-15-12-26-20-22-17-5-3-2-4-16(17)19(25)23(15)20/h6-9,15H,2-5,10-12H2,1H3,(H,21,24). The number of carbonyl (C=O) groups excluding carboxylic acids is 1. The average Bonchev–Trinajstić information content (AvgIpc) is 3.04. The van der Waals surface area contributed by atoms with E-state index in [4.69, 9.17) is 4.98 Å². The van der Waals surface area contributed by atoms with E-state index in [9.17, 15) is 9.59 Å². The van der Waals surface area contributed by atoms with Gasteiger partial charge in [-0.1, -0.05) is 41.6 Å². The Kier molecular flexibility index (Phi) is 4.85. The van der Waals surface area contributed by atoms with Gasteiger partial charge in [-0.15, -0.1) is 0 Å². The minimum absolute atomic E-state index is 0.0198. The van der Waals surface area contributed by atoms with Crippen molar-refractivity contribution in [3.63, 3.8) is 0 Å². The van der Waals surface area contributed by atoms with Crippen LogP contribution in [0.1, 0.15) is 47.7 Å².